The number of rotatable bonds is 3. The molecule has 2 N–H and O–H groups in total. The van der Waals surface area contributed by atoms with Crippen molar-refractivity contribution in [2.24, 2.45) is 5.73 Å². The molecule has 3 heteroatoms. The van der Waals surface area contributed by atoms with Crippen LogP contribution in [0.15, 0.2) is 60.8 Å². The van der Waals surface area contributed by atoms with Crippen molar-refractivity contribution in [2.75, 3.05) is 0 Å². The van der Waals surface area contributed by atoms with Gasteiger partial charge in [-0.3, -0.25) is 4.98 Å². The molecular formula is C17H15ClN2. The molecule has 0 bridgehead atoms. The van der Waals surface area contributed by atoms with Crippen molar-refractivity contribution in [3.63, 3.8) is 0 Å². The van der Waals surface area contributed by atoms with E-state index < -0.39 is 0 Å². The summed E-state index contributed by atoms with van der Waals surface area (Å²) < 4.78 is 0. The molecule has 1 atom stereocenters. The minimum Gasteiger partial charge on any atom is -0.324 e. The van der Waals surface area contributed by atoms with Crippen LogP contribution in [0, 0.1) is 0 Å². The molecular weight excluding hydrogens is 268 g/mol. The maximum atomic E-state index is 6.30. The molecule has 3 aromatic rings. The third-order valence-electron chi connectivity index (χ3n) is 3.43. The minimum atomic E-state index is -0.0393. The maximum absolute atomic E-state index is 6.30. The van der Waals surface area contributed by atoms with Crippen molar-refractivity contribution in [1.82, 2.24) is 4.98 Å². The van der Waals surface area contributed by atoms with Crippen molar-refractivity contribution < 1.29 is 0 Å². The second-order valence-electron chi connectivity index (χ2n) is 4.89. The van der Waals surface area contributed by atoms with Gasteiger partial charge in [-0.15, -0.1) is 0 Å². The predicted octanol–water partition coefficient (Wildman–Crippen LogP) is 4.13. The Morgan fingerprint density at radius 2 is 1.85 bits per heavy atom. The molecule has 0 saturated heterocycles. The number of nitrogens with two attached hydrogens (primary N) is 1. The Bertz CT molecular complexity index is 722. The van der Waals surface area contributed by atoms with Crippen molar-refractivity contribution in [2.45, 2.75) is 12.5 Å². The molecule has 0 aliphatic rings. The van der Waals surface area contributed by atoms with E-state index in [0.717, 1.165) is 27.9 Å². The molecule has 20 heavy (non-hydrogen) atoms. The Morgan fingerprint density at radius 1 is 1.05 bits per heavy atom. The molecule has 100 valence electrons. The van der Waals surface area contributed by atoms with Gasteiger partial charge in [0.05, 0.1) is 5.52 Å². The Morgan fingerprint density at radius 3 is 2.65 bits per heavy atom. The first-order valence-corrected chi connectivity index (χ1v) is 6.95. The molecule has 1 aromatic heterocycles. The van der Waals surface area contributed by atoms with E-state index in [1.807, 2.05) is 30.3 Å². The van der Waals surface area contributed by atoms with E-state index in [9.17, 15) is 0 Å². The van der Waals surface area contributed by atoms with E-state index in [4.69, 9.17) is 17.3 Å². The lowest BCUT2D eigenvalue weighted by Gasteiger charge is -2.13. The zero-order valence-corrected chi connectivity index (χ0v) is 11.7. The van der Waals surface area contributed by atoms with Crippen molar-refractivity contribution >= 4 is 22.5 Å². The minimum absolute atomic E-state index is 0.0393. The van der Waals surface area contributed by atoms with E-state index in [-0.39, 0.29) is 6.04 Å². The van der Waals surface area contributed by atoms with Crippen LogP contribution in [0.1, 0.15) is 17.2 Å². The van der Waals surface area contributed by atoms with Crippen molar-refractivity contribution in [1.29, 1.82) is 0 Å². The molecule has 0 amide bonds. The first-order valence-electron chi connectivity index (χ1n) is 6.57. The number of aromatic nitrogens is 1. The summed E-state index contributed by atoms with van der Waals surface area (Å²) in [6, 6.07) is 18.0. The molecule has 2 nitrogen and oxygen atoms in total. The van der Waals surface area contributed by atoms with Crippen LogP contribution in [0.4, 0.5) is 0 Å². The van der Waals surface area contributed by atoms with E-state index >= 15 is 0 Å². The molecule has 1 heterocycles. The number of halogens is 1. The van der Waals surface area contributed by atoms with Crippen LogP contribution in [0.2, 0.25) is 5.02 Å². The Labute approximate surface area is 123 Å². The van der Waals surface area contributed by atoms with Crippen LogP contribution < -0.4 is 5.73 Å². The van der Waals surface area contributed by atoms with Crippen LogP contribution in [-0.2, 0) is 6.42 Å². The van der Waals surface area contributed by atoms with Gasteiger partial charge < -0.3 is 5.73 Å². The standard InChI is InChI=1S/C17H15ClN2/c18-15-7-3-12(4-8-15)10-16(19)14-6-5-13-2-1-9-20-17(13)11-14/h1-9,11,16H,10,19H2. The summed E-state index contributed by atoms with van der Waals surface area (Å²) in [5, 5.41) is 1.88. The molecule has 0 saturated carbocycles. The first-order chi connectivity index (χ1) is 9.72. The average Bonchev–Trinajstić information content (AvgIpc) is 2.49. The van der Waals surface area contributed by atoms with Crippen LogP contribution in [0.25, 0.3) is 10.9 Å². The maximum Gasteiger partial charge on any atom is 0.0705 e. The number of benzene rings is 2. The molecule has 0 aliphatic heterocycles. The van der Waals surface area contributed by atoms with E-state index in [0.29, 0.717) is 0 Å². The summed E-state index contributed by atoms with van der Waals surface area (Å²) in [5.41, 5.74) is 9.56. The quantitative estimate of drug-likeness (QED) is 0.784. The summed E-state index contributed by atoms with van der Waals surface area (Å²) in [6.45, 7) is 0. The van der Waals surface area contributed by atoms with Gasteiger partial charge in [-0.2, -0.15) is 0 Å². The van der Waals surface area contributed by atoms with Crippen LogP contribution in [0.3, 0.4) is 0 Å². The van der Waals surface area contributed by atoms with Crippen LogP contribution >= 0.6 is 11.6 Å². The Balaban J connectivity index is 1.84. The van der Waals surface area contributed by atoms with Gasteiger partial charge in [-0.25, -0.2) is 0 Å². The second-order valence-corrected chi connectivity index (χ2v) is 5.33. The zero-order chi connectivity index (χ0) is 13.9. The lowest BCUT2D eigenvalue weighted by atomic mass is 9.98. The normalized spacial score (nSPS) is 12.5. The summed E-state index contributed by atoms with van der Waals surface area (Å²) >= 11 is 5.89. The smallest absolute Gasteiger partial charge is 0.0705 e. The van der Waals surface area contributed by atoms with Crippen molar-refractivity contribution in [3.8, 4) is 0 Å². The second kappa shape index (κ2) is 5.61. The van der Waals surface area contributed by atoms with Gasteiger partial charge >= 0.3 is 0 Å². The number of hydrogen-bond acceptors (Lipinski definition) is 2. The summed E-state index contributed by atoms with van der Waals surface area (Å²) in [7, 11) is 0. The van der Waals surface area contributed by atoms with Gasteiger partial charge in [0, 0.05) is 22.6 Å². The van der Waals surface area contributed by atoms with E-state index in [1.54, 1.807) is 6.20 Å². The summed E-state index contributed by atoms with van der Waals surface area (Å²) in [5.74, 6) is 0. The fourth-order valence-corrected chi connectivity index (χ4v) is 2.43. The van der Waals surface area contributed by atoms with Gasteiger partial charge in [0.25, 0.3) is 0 Å². The number of nitrogens with zero attached hydrogens (tertiary/aromatic N) is 1. The fourth-order valence-electron chi connectivity index (χ4n) is 2.31. The number of fused-ring (bicyclic) bond motifs is 1. The zero-order valence-electron chi connectivity index (χ0n) is 11.0. The van der Waals surface area contributed by atoms with E-state index in [1.165, 1.54) is 5.56 Å². The molecule has 0 spiro atoms. The SMILES string of the molecule is NC(Cc1ccc(Cl)cc1)c1ccc2cccnc2c1. The lowest BCUT2D eigenvalue weighted by molar-refractivity contribution is 0.723. The fraction of sp³-hybridized carbons (Fsp3) is 0.118. The molecule has 3 rings (SSSR count). The van der Waals surface area contributed by atoms with Gasteiger partial charge in [0.2, 0.25) is 0 Å². The highest BCUT2D eigenvalue weighted by atomic mass is 35.5. The molecule has 2 aromatic carbocycles. The first kappa shape index (κ1) is 13.1. The number of pyridine rings is 1. The largest absolute Gasteiger partial charge is 0.324 e. The highest BCUT2D eigenvalue weighted by molar-refractivity contribution is 6.30. The van der Waals surface area contributed by atoms with Crippen molar-refractivity contribution in [3.05, 3.63) is 76.9 Å². The third kappa shape index (κ3) is 2.82. The Hall–Kier alpha value is -1.90. The van der Waals surface area contributed by atoms with Gasteiger partial charge in [0.1, 0.15) is 0 Å². The molecule has 1 unspecified atom stereocenters. The van der Waals surface area contributed by atoms with E-state index in [2.05, 4.69) is 29.2 Å². The monoisotopic (exact) mass is 282 g/mol. The van der Waals surface area contributed by atoms with Gasteiger partial charge in [-0.05, 0) is 41.8 Å². The lowest BCUT2D eigenvalue weighted by Crippen LogP contribution is -2.13. The molecule has 0 aliphatic carbocycles. The average molecular weight is 283 g/mol. The topological polar surface area (TPSA) is 38.9 Å². The van der Waals surface area contributed by atoms with Crippen LogP contribution in [-0.4, -0.2) is 4.98 Å². The number of hydrogen-bond donors (Lipinski definition) is 1. The van der Waals surface area contributed by atoms with Crippen LogP contribution in [0.5, 0.6) is 0 Å². The van der Waals surface area contributed by atoms with Gasteiger partial charge in [0.15, 0.2) is 0 Å². The Kier molecular flexibility index (Phi) is 3.68. The summed E-state index contributed by atoms with van der Waals surface area (Å²) in [4.78, 5) is 4.37. The predicted molar refractivity (Wildman–Crippen MR) is 83.8 cm³/mol. The summed E-state index contributed by atoms with van der Waals surface area (Å²) in [6.07, 6.45) is 2.59. The third-order valence-corrected chi connectivity index (χ3v) is 3.68. The highest BCUT2D eigenvalue weighted by Gasteiger charge is 2.08. The molecule has 0 radical (unpaired) electrons. The highest BCUT2D eigenvalue weighted by Crippen LogP contribution is 2.21. The van der Waals surface area contributed by atoms with Gasteiger partial charge in [-0.1, -0.05) is 41.9 Å². The molecule has 0 fully saturated rings.